The standard InChI is InChI=1S/C13H15N3O3S/c1-10(12-3-2-6-14-8-12)16-20(18,19)13-5-4-11(9-17)7-15-13/h2-8,10,16-17H,9H2,1H3. The van der Waals surface area contributed by atoms with Crippen LogP contribution in [0.2, 0.25) is 0 Å². The second-order valence-corrected chi connectivity index (χ2v) is 5.95. The Morgan fingerprint density at radius 3 is 2.65 bits per heavy atom. The minimum absolute atomic E-state index is 0.0783. The highest BCUT2D eigenvalue weighted by Gasteiger charge is 2.19. The van der Waals surface area contributed by atoms with Crippen molar-refractivity contribution in [2.75, 3.05) is 0 Å². The van der Waals surface area contributed by atoms with Crippen molar-refractivity contribution in [3.05, 3.63) is 54.0 Å². The van der Waals surface area contributed by atoms with Gasteiger partial charge in [-0.25, -0.2) is 18.1 Å². The highest BCUT2D eigenvalue weighted by Crippen LogP contribution is 2.14. The molecule has 2 heterocycles. The molecule has 2 aromatic heterocycles. The van der Waals surface area contributed by atoms with Crippen molar-refractivity contribution in [2.45, 2.75) is 24.6 Å². The molecule has 0 bridgehead atoms. The third-order valence-electron chi connectivity index (χ3n) is 2.77. The number of hydrogen-bond acceptors (Lipinski definition) is 5. The molecule has 0 amide bonds. The van der Waals surface area contributed by atoms with Gasteiger partial charge in [-0.05, 0) is 30.2 Å². The van der Waals surface area contributed by atoms with Gasteiger partial charge >= 0.3 is 0 Å². The summed E-state index contributed by atoms with van der Waals surface area (Å²) in [5.41, 5.74) is 1.33. The predicted molar refractivity (Wildman–Crippen MR) is 73.1 cm³/mol. The molecule has 2 N–H and O–H groups in total. The van der Waals surface area contributed by atoms with Gasteiger partial charge in [0, 0.05) is 24.6 Å². The summed E-state index contributed by atoms with van der Waals surface area (Å²) in [4.78, 5) is 7.79. The van der Waals surface area contributed by atoms with E-state index in [-0.39, 0.29) is 11.6 Å². The first-order chi connectivity index (χ1) is 9.53. The van der Waals surface area contributed by atoms with E-state index in [0.29, 0.717) is 5.56 Å². The fraction of sp³-hybridized carbons (Fsp3) is 0.231. The summed E-state index contributed by atoms with van der Waals surface area (Å²) in [7, 11) is -3.70. The second kappa shape index (κ2) is 6.08. The Labute approximate surface area is 117 Å². The summed E-state index contributed by atoms with van der Waals surface area (Å²) in [6.07, 6.45) is 4.57. The molecular weight excluding hydrogens is 278 g/mol. The Bertz CT molecular complexity index is 657. The van der Waals surface area contributed by atoms with Crippen molar-refractivity contribution >= 4 is 10.0 Å². The minimum Gasteiger partial charge on any atom is -0.392 e. The number of aliphatic hydroxyl groups is 1. The fourth-order valence-electron chi connectivity index (χ4n) is 1.66. The number of nitrogens with one attached hydrogen (secondary N) is 1. The Balaban J connectivity index is 2.18. The SMILES string of the molecule is CC(NS(=O)(=O)c1ccc(CO)cn1)c1cccnc1. The van der Waals surface area contributed by atoms with Crippen LogP contribution in [-0.4, -0.2) is 23.5 Å². The van der Waals surface area contributed by atoms with Gasteiger partial charge in [0.15, 0.2) is 5.03 Å². The summed E-state index contributed by atoms with van der Waals surface area (Å²) in [5, 5.41) is 8.84. The van der Waals surface area contributed by atoms with Crippen LogP contribution < -0.4 is 4.72 Å². The lowest BCUT2D eigenvalue weighted by atomic mass is 10.2. The molecule has 20 heavy (non-hydrogen) atoms. The van der Waals surface area contributed by atoms with Crippen molar-refractivity contribution in [2.24, 2.45) is 0 Å². The summed E-state index contributed by atoms with van der Waals surface area (Å²) in [5.74, 6) is 0. The van der Waals surface area contributed by atoms with Crippen LogP contribution in [0, 0.1) is 0 Å². The van der Waals surface area contributed by atoms with Gasteiger partial charge in [-0.2, -0.15) is 0 Å². The van der Waals surface area contributed by atoms with Crippen LogP contribution in [0.25, 0.3) is 0 Å². The van der Waals surface area contributed by atoms with Gasteiger partial charge in [-0.3, -0.25) is 4.98 Å². The van der Waals surface area contributed by atoms with E-state index in [1.54, 1.807) is 31.5 Å². The molecule has 1 unspecified atom stereocenters. The van der Waals surface area contributed by atoms with Crippen molar-refractivity contribution in [3.63, 3.8) is 0 Å². The molecule has 0 radical (unpaired) electrons. The van der Waals surface area contributed by atoms with Crippen molar-refractivity contribution in [1.82, 2.24) is 14.7 Å². The molecule has 6 nitrogen and oxygen atoms in total. The Hall–Kier alpha value is -1.83. The number of rotatable bonds is 5. The van der Waals surface area contributed by atoms with Crippen LogP contribution in [0.4, 0.5) is 0 Å². The topological polar surface area (TPSA) is 92.2 Å². The van der Waals surface area contributed by atoms with Gasteiger partial charge in [0.05, 0.1) is 6.61 Å². The molecule has 106 valence electrons. The molecule has 2 rings (SSSR count). The zero-order valence-electron chi connectivity index (χ0n) is 10.9. The molecule has 2 aromatic rings. The van der Waals surface area contributed by atoms with Crippen LogP contribution >= 0.6 is 0 Å². The molecule has 0 saturated heterocycles. The molecule has 0 aromatic carbocycles. The number of aliphatic hydroxyl groups excluding tert-OH is 1. The maximum atomic E-state index is 12.2. The highest BCUT2D eigenvalue weighted by molar-refractivity contribution is 7.89. The van der Waals surface area contributed by atoms with Crippen molar-refractivity contribution < 1.29 is 13.5 Å². The first-order valence-corrected chi connectivity index (χ1v) is 7.49. The van der Waals surface area contributed by atoms with Gasteiger partial charge in [0.1, 0.15) is 0 Å². The zero-order chi connectivity index (χ0) is 14.6. The summed E-state index contributed by atoms with van der Waals surface area (Å²) >= 11 is 0. The van der Waals surface area contributed by atoms with Gasteiger partial charge in [0.25, 0.3) is 10.0 Å². The van der Waals surface area contributed by atoms with Gasteiger partial charge in [0.2, 0.25) is 0 Å². The lowest BCUT2D eigenvalue weighted by Gasteiger charge is -2.13. The number of pyridine rings is 2. The number of nitrogens with zero attached hydrogens (tertiary/aromatic N) is 2. The summed E-state index contributed by atoms with van der Waals surface area (Å²) in [6, 6.07) is 6.02. The Kier molecular flexibility index (Phi) is 4.43. The summed E-state index contributed by atoms with van der Waals surface area (Å²) in [6.45, 7) is 1.56. The second-order valence-electron chi connectivity index (χ2n) is 4.29. The van der Waals surface area contributed by atoms with E-state index in [1.165, 1.54) is 18.3 Å². The highest BCUT2D eigenvalue weighted by atomic mass is 32.2. The van der Waals surface area contributed by atoms with Crippen molar-refractivity contribution in [3.8, 4) is 0 Å². The molecular formula is C13H15N3O3S. The smallest absolute Gasteiger partial charge is 0.258 e. The zero-order valence-corrected chi connectivity index (χ0v) is 11.7. The van der Waals surface area contributed by atoms with Crippen LogP contribution in [0.1, 0.15) is 24.1 Å². The van der Waals surface area contributed by atoms with E-state index in [4.69, 9.17) is 5.11 Å². The monoisotopic (exact) mass is 293 g/mol. The van der Waals surface area contributed by atoms with Crippen LogP contribution in [0.15, 0.2) is 47.9 Å². The first-order valence-electron chi connectivity index (χ1n) is 6.01. The normalized spacial score (nSPS) is 13.1. The maximum absolute atomic E-state index is 12.2. The average Bonchev–Trinajstić information content (AvgIpc) is 2.48. The van der Waals surface area contributed by atoms with Gasteiger partial charge in [-0.15, -0.1) is 0 Å². The van der Waals surface area contributed by atoms with Crippen LogP contribution in [0.5, 0.6) is 0 Å². The van der Waals surface area contributed by atoms with E-state index >= 15 is 0 Å². The molecule has 0 aliphatic carbocycles. The minimum atomic E-state index is -3.70. The third-order valence-corrected chi connectivity index (χ3v) is 4.23. The molecule has 0 spiro atoms. The van der Waals surface area contributed by atoms with E-state index in [0.717, 1.165) is 5.56 Å². The first kappa shape index (κ1) is 14.6. The molecule has 0 saturated carbocycles. The molecule has 1 atom stereocenters. The number of hydrogen-bond donors (Lipinski definition) is 2. The lowest BCUT2D eigenvalue weighted by Crippen LogP contribution is -2.27. The van der Waals surface area contributed by atoms with Crippen LogP contribution in [-0.2, 0) is 16.6 Å². The number of aromatic nitrogens is 2. The summed E-state index contributed by atoms with van der Waals surface area (Å²) < 4.78 is 26.9. The van der Waals surface area contributed by atoms with Gasteiger partial charge in [-0.1, -0.05) is 12.1 Å². The van der Waals surface area contributed by atoms with E-state index in [1.807, 2.05) is 0 Å². The maximum Gasteiger partial charge on any atom is 0.258 e. The van der Waals surface area contributed by atoms with E-state index in [9.17, 15) is 8.42 Å². The molecule has 0 fully saturated rings. The number of sulfonamides is 1. The molecule has 0 aliphatic rings. The lowest BCUT2D eigenvalue weighted by molar-refractivity contribution is 0.281. The largest absolute Gasteiger partial charge is 0.392 e. The predicted octanol–water partition coefficient (Wildman–Crippen LogP) is 1.01. The third kappa shape index (κ3) is 3.38. The Morgan fingerprint density at radius 1 is 1.30 bits per heavy atom. The quantitative estimate of drug-likeness (QED) is 0.858. The molecule has 0 aliphatic heterocycles. The van der Waals surface area contributed by atoms with Gasteiger partial charge < -0.3 is 5.11 Å². The molecule has 7 heteroatoms. The average molecular weight is 293 g/mol. The van der Waals surface area contributed by atoms with Crippen molar-refractivity contribution in [1.29, 1.82) is 0 Å². The van der Waals surface area contributed by atoms with E-state index in [2.05, 4.69) is 14.7 Å². The fourth-order valence-corrected chi connectivity index (χ4v) is 2.82. The van der Waals surface area contributed by atoms with E-state index < -0.39 is 16.1 Å². The van der Waals surface area contributed by atoms with Crippen LogP contribution in [0.3, 0.4) is 0 Å². The Morgan fingerprint density at radius 2 is 2.10 bits per heavy atom.